The summed E-state index contributed by atoms with van der Waals surface area (Å²) >= 11 is 4.76. The highest BCUT2D eigenvalue weighted by Gasteiger charge is 2.12. The quantitative estimate of drug-likeness (QED) is 0.440. The Morgan fingerprint density at radius 2 is 2.11 bits per heavy atom. The summed E-state index contributed by atoms with van der Waals surface area (Å²) in [6, 6.07) is 3.87. The molecule has 1 rings (SSSR count). The van der Waals surface area contributed by atoms with Gasteiger partial charge in [-0.3, -0.25) is 5.43 Å². The van der Waals surface area contributed by atoms with Gasteiger partial charge in [0.2, 0.25) is 0 Å². The zero-order valence-corrected chi connectivity index (χ0v) is 12.5. The molecule has 0 spiro atoms. The Labute approximate surface area is 119 Å². The maximum atomic E-state index is 10.2. The molecule has 0 fully saturated rings. The Bertz CT molecular complexity index is 498. The Balaban J connectivity index is 3.16. The fourth-order valence-electron chi connectivity index (χ4n) is 1.90. The maximum Gasteiger partial charge on any atom is 0.184 e. The number of phenols is 1. The molecule has 0 bridgehead atoms. The predicted molar refractivity (Wildman–Crippen MR) is 83.6 cm³/mol. The molecular weight excluding hydrogens is 258 g/mol. The first-order valence-electron chi connectivity index (χ1n) is 6.38. The standard InChI is InChI=1S/C14H21N3OS/c1-4-5-6-12(16-17-14(15)19)11-8-9(2)7-10(3)13(11)18/h7-8,18H,4-6H2,1-3H3,(H3,15,17,19)/b16-12+. The third-order valence-electron chi connectivity index (χ3n) is 2.82. The maximum absolute atomic E-state index is 10.2. The van der Waals surface area contributed by atoms with E-state index in [1.807, 2.05) is 26.0 Å². The number of hydrogen-bond acceptors (Lipinski definition) is 3. The number of nitrogens with zero attached hydrogens (tertiary/aromatic N) is 1. The Kier molecular flexibility index (Phi) is 5.76. The fourth-order valence-corrected chi connectivity index (χ4v) is 1.94. The van der Waals surface area contributed by atoms with Crippen LogP contribution in [-0.2, 0) is 0 Å². The van der Waals surface area contributed by atoms with E-state index in [0.717, 1.165) is 41.7 Å². The average Bonchev–Trinajstić information content (AvgIpc) is 2.34. The minimum atomic E-state index is 0.123. The van der Waals surface area contributed by atoms with Crippen LogP contribution < -0.4 is 11.2 Å². The van der Waals surface area contributed by atoms with Crippen molar-refractivity contribution in [3.63, 3.8) is 0 Å². The molecule has 5 heteroatoms. The number of hydrazone groups is 1. The van der Waals surface area contributed by atoms with Crippen molar-refractivity contribution in [1.82, 2.24) is 5.43 Å². The molecule has 0 aromatic heterocycles. The van der Waals surface area contributed by atoms with Crippen LogP contribution >= 0.6 is 12.2 Å². The second kappa shape index (κ2) is 7.09. The molecule has 0 atom stereocenters. The molecule has 0 radical (unpaired) electrons. The van der Waals surface area contributed by atoms with Crippen molar-refractivity contribution in [3.8, 4) is 5.75 Å². The van der Waals surface area contributed by atoms with Gasteiger partial charge in [-0.25, -0.2) is 0 Å². The van der Waals surface area contributed by atoms with Crippen molar-refractivity contribution in [2.24, 2.45) is 10.8 Å². The second-order valence-electron chi connectivity index (χ2n) is 4.62. The summed E-state index contributed by atoms with van der Waals surface area (Å²) in [7, 11) is 0. The van der Waals surface area contributed by atoms with E-state index >= 15 is 0 Å². The SMILES string of the molecule is CCCC/C(=N\NC(N)=S)c1cc(C)cc(C)c1O. The lowest BCUT2D eigenvalue weighted by atomic mass is 9.99. The van der Waals surface area contributed by atoms with Crippen molar-refractivity contribution in [1.29, 1.82) is 0 Å². The van der Waals surface area contributed by atoms with Gasteiger partial charge in [0.05, 0.1) is 5.71 Å². The van der Waals surface area contributed by atoms with Crippen LogP contribution in [0.1, 0.15) is 42.9 Å². The number of nitrogens with two attached hydrogens (primary N) is 1. The Morgan fingerprint density at radius 3 is 2.68 bits per heavy atom. The number of nitrogens with one attached hydrogen (secondary N) is 1. The van der Waals surface area contributed by atoms with E-state index in [1.165, 1.54) is 0 Å². The van der Waals surface area contributed by atoms with Gasteiger partial charge in [-0.2, -0.15) is 5.10 Å². The van der Waals surface area contributed by atoms with Crippen LogP contribution in [0.25, 0.3) is 0 Å². The minimum Gasteiger partial charge on any atom is -0.507 e. The molecule has 4 nitrogen and oxygen atoms in total. The first kappa shape index (κ1) is 15.4. The summed E-state index contributed by atoms with van der Waals surface area (Å²) in [4.78, 5) is 0. The van der Waals surface area contributed by atoms with Gasteiger partial charge in [-0.05, 0) is 56.1 Å². The summed E-state index contributed by atoms with van der Waals surface area (Å²) in [6.45, 7) is 5.98. The van der Waals surface area contributed by atoms with Crippen molar-refractivity contribution in [2.45, 2.75) is 40.0 Å². The number of aryl methyl sites for hydroxylation is 2. The number of rotatable bonds is 5. The van der Waals surface area contributed by atoms with Crippen LogP contribution in [-0.4, -0.2) is 15.9 Å². The molecule has 0 unspecified atom stereocenters. The predicted octanol–water partition coefficient (Wildman–Crippen LogP) is 2.74. The van der Waals surface area contributed by atoms with Crippen LogP contribution in [0.5, 0.6) is 5.75 Å². The van der Waals surface area contributed by atoms with Gasteiger partial charge < -0.3 is 10.8 Å². The van der Waals surface area contributed by atoms with Crippen LogP contribution in [0.2, 0.25) is 0 Å². The van der Waals surface area contributed by atoms with Crippen molar-refractivity contribution in [2.75, 3.05) is 0 Å². The van der Waals surface area contributed by atoms with Crippen LogP contribution in [0.15, 0.2) is 17.2 Å². The van der Waals surface area contributed by atoms with Gasteiger partial charge in [0.25, 0.3) is 0 Å². The summed E-state index contributed by atoms with van der Waals surface area (Å²) < 4.78 is 0. The first-order chi connectivity index (χ1) is 8.95. The van der Waals surface area contributed by atoms with Gasteiger partial charge in [0.15, 0.2) is 5.11 Å². The number of unbranched alkanes of at least 4 members (excludes halogenated alkanes) is 1. The molecule has 4 N–H and O–H groups in total. The summed E-state index contributed by atoms with van der Waals surface area (Å²) in [5.74, 6) is 0.269. The molecule has 104 valence electrons. The average molecular weight is 279 g/mol. The van der Waals surface area contributed by atoms with Crippen molar-refractivity contribution >= 4 is 23.0 Å². The third-order valence-corrected chi connectivity index (χ3v) is 2.92. The highest BCUT2D eigenvalue weighted by atomic mass is 32.1. The van der Waals surface area contributed by atoms with Gasteiger partial charge >= 0.3 is 0 Å². The van der Waals surface area contributed by atoms with Gasteiger partial charge in [-0.1, -0.05) is 19.4 Å². The Morgan fingerprint density at radius 1 is 1.42 bits per heavy atom. The van der Waals surface area contributed by atoms with E-state index in [0.29, 0.717) is 0 Å². The molecule has 0 aliphatic heterocycles. The smallest absolute Gasteiger partial charge is 0.184 e. The molecule has 0 heterocycles. The lowest BCUT2D eigenvalue weighted by molar-refractivity contribution is 0.469. The van der Waals surface area contributed by atoms with Crippen molar-refractivity contribution < 1.29 is 5.11 Å². The molecule has 0 saturated carbocycles. The summed E-state index contributed by atoms with van der Waals surface area (Å²) in [6.07, 6.45) is 2.81. The minimum absolute atomic E-state index is 0.123. The Hall–Kier alpha value is -1.62. The third kappa shape index (κ3) is 4.52. The number of phenolic OH excluding ortho intramolecular Hbond substituents is 1. The van der Waals surface area contributed by atoms with Crippen LogP contribution in [0, 0.1) is 13.8 Å². The highest BCUT2D eigenvalue weighted by molar-refractivity contribution is 7.80. The van der Waals surface area contributed by atoms with Gasteiger partial charge in [0, 0.05) is 5.56 Å². The summed E-state index contributed by atoms with van der Waals surface area (Å²) in [5.41, 5.74) is 11.5. The number of aromatic hydroxyl groups is 1. The van der Waals surface area contributed by atoms with Crippen LogP contribution in [0.4, 0.5) is 0 Å². The number of benzene rings is 1. The van der Waals surface area contributed by atoms with Crippen LogP contribution in [0.3, 0.4) is 0 Å². The molecule has 1 aromatic rings. The molecule has 0 amide bonds. The summed E-state index contributed by atoms with van der Waals surface area (Å²) in [5, 5.41) is 14.5. The van der Waals surface area contributed by atoms with E-state index in [9.17, 15) is 5.11 Å². The monoisotopic (exact) mass is 279 g/mol. The molecular formula is C14H21N3OS. The van der Waals surface area contributed by atoms with E-state index in [4.69, 9.17) is 18.0 Å². The normalized spacial score (nSPS) is 11.4. The number of thiocarbonyl (C=S) groups is 1. The van der Waals surface area contributed by atoms with E-state index < -0.39 is 0 Å². The van der Waals surface area contributed by atoms with Gasteiger partial charge in [-0.15, -0.1) is 0 Å². The lowest BCUT2D eigenvalue weighted by Gasteiger charge is -2.12. The molecule has 0 aliphatic rings. The first-order valence-corrected chi connectivity index (χ1v) is 6.79. The molecule has 0 saturated heterocycles. The lowest BCUT2D eigenvalue weighted by Crippen LogP contribution is -2.25. The van der Waals surface area contributed by atoms with Gasteiger partial charge in [0.1, 0.15) is 5.75 Å². The van der Waals surface area contributed by atoms with Crippen molar-refractivity contribution in [3.05, 3.63) is 28.8 Å². The van der Waals surface area contributed by atoms with E-state index in [1.54, 1.807) is 0 Å². The number of hydrogen-bond donors (Lipinski definition) is 3. The zero-order chi connectivity index (χ0) is 14.4. The zero-order valence-electron chi connectivity index (χ0n) is 11.7. The second-order valence-corrected chi connectivity index (χ2v) is 5.06. The molecule has 1 aromatic carbocycles. The molecule has 19 heavy (non-hydrogen) atoms. The largest absolute Gasteiger partial charge is 0.507 e. The fraction of sp³-hybridized carbons (Fsp3) is 0.429. The highest BCUT2D eigenvalue weighted by Crippen LogP contribution is 2.25. The van der Waals surface area contributed by atoms with E-state index in [2.05, 4.69) is 17.5 Å². The molecule has 0 aliphatic carbocycles. The topological polar surface area (TPSA) is 70.6 Å². The van der Waals surface area contributed by atoms with E-state index in [-0.39, 0.29) is 10.9 Å².